The summed E-state index contributed by atoms with van der Waals surface area (Å²) in [6.45, 7) is 0. The van der Waals surface area contributed by atoms with E-state index in [9.17, 15) is 4.79 Å². The summed E-state index contributed by atoms with van der Waals surface area (Å²) >= 11 is 5.96. The second kappa shape index (κ2) is 4.37. The number of aromatic amines is 1. The van der Waals surface area contributed by atoms with Gasteiger partial charge in [0.25, 0.3) is 0 Å². The molecule has 0 spiro atoms. The van der Waals surface area contributed by atoms with Gasteiger partial charge in [0.15, 0.2) is 5.15 Å². The van der Waals surface area contributed by atoms with E-state index in [0.717, 1.165) is 10.9 Å². The van der Waals surface area contributed by atoms with E-state index in [4.69, 9.17) is 11.6 Å². The maximum absolute atomic E-state index is 10.9. The number of halogens is 1. The van der Waals surface area contributed by atoms with Crippen LogP contribution in [0.3, 0.4) is 0 Å². The lowest BCUT2D eigenvalue weighted by Crippen LogP contribution is -1.93. The Morgan fingerprint density at radius 1 is 1.62 bits per heavy atom. The highest BCUT2D eigenvalue weighted by atomic mass is 35.5. The second-order valence-corrected chi connectivity index (χ2v) is 3.49. The third kappa shape index (κ3) is 2.06. The van der Waals surface area contributed by atoms with E-state index in [1.165, 1.54) is 13.2 Å². The molecule has 0 bridgehead atoms. The Morgan fingerprint density at radius 3 is 3.19 bits per heavy atom. The van der Waals surface area contributed by atoms with Crippen molar-refractivity contribution in [1.82, 2.24) is 9.97 Å². The summed E-state index contributed by atoms with van der Waals surface area (Å²) in [5.74, 6) is -0.424. The van der Waals surface area contributed by atoms with E-state index in [1.54, 1.807) is 12.3 Å². The maximum atomic E-state index is 10.9. The van der Waals surface area contributed by atoms with Crippen molar-refractivity contribution in [2.75, 3.05) is 7.11 Å². The fourth-order valence-electron chi connectivity index (χ4n) is 1.35. The smallest absolute Gasteiger partial charge is 0.330 e. The molecule has 0 fully saturated rings. The largest absolute Gasteiger partial charge is 0.466 e. The van der Waals surface area contributed by atoms with Crippen LogP contribution in [-0.4, -0.2) is 23.0 Å². The van der Waals surface area contributed by atoms with Gasteiger partial charge in [0.1, 0.15) is 0 Å². The van der Waals surface area contributed by atoms with Gasteiger partial charge in [-0.1, -0.05) is 11.6 Å². The van der Waals surface area contributed by atoms with Crippen LogP contribution >= 0.6 is 11.6 Å². The zero-order chi connectivity index (χ0) is 11.5. The first kappa shape index (κ1) is 10.7. The van der Waals surface area contributed by atoms with E-state index in [-0.39, 0.29) is 0 Å². The van der Waals surface area contributed by atoms with Gasteiger partial charge in [0.05, 0.1) is 18.3 Å². The van der Waals surface area contributed by atoms with E-state index in [0.29, 0.717) is 10.8 Å². The van der Waals surface area contributed by atoms with Gasteiger partial charge in [-0.2, -0.15) is 0 Å². The molecule has 0 amide bonds. The summed E-state index contributed by atoms with van der Waals surface area (Å²) in [6, 6.07) is 3.72. The molecule has 0 aliphatic carbocycles. The number of hydrogen-bond donors (Lipinski definition) is 1. The van der Waals surface area contributed by atoms with Crippen LogP contribution in [0.25, 0.3) is 17.0 Å². The molecule has 0 atom stereocenters. The summed E-state index contributed by atoms with van der Waals surface area (Å²) in [4.78, 5) is 18.0. The number of carbonyl (C=O) groups excluding carboxylic acids is 1. The van der Waals surface area contributed by atoms with Crippen molar-refractivity contribution >= 4 is 34.5 Å². The van der Waals surface area contributed by atoms with Gasteiger partial charge in [0, 0.05) is 17.7 Å². The topological polar surface area (TPSA) is 55.0 Å². The summed E-state index contributed by atoms with van der Waals surface area (Å²) in [6.07, 6.45) is 4.65. The summed E-state index contributed by atoms with van der Waals surface area (Å²) in [7, 11) is 1.32. The summed E-state index contributed by atoms with van der Waals surface area (Å²) in [5, 5.41) is 1.33. The Labute approximate surface area is 96.9 Å². The summed E-state index contributed by atoms with van der Waals surface area (Å²) < 4.78 is 4.48. The van der Waals surface area contributed by atoms with Gasteiger partial charge in [-0.3, -0.25) is 0 Å². The minimum absolute atomic E-state index is 0.381. The van der Waals surface area contributed by atoms with E-state index in [1.807, 2.05) is 12.1 Å². The Kier molecular flexibility index (Phi) is 2.92. The van der Waals surface area contributed by atoms with Crippen molar-refractivity contribution in [2.24, 2.45) is 0 Å². The molecule has 0 saturated carbocycles. The summed E-state index contributed by atoms with van der Waals surface area (Å²) in [5.41, 5.74) is 1.40. The lowest BCUT2D eigenvalue weighted by molar-refractivity contribution is -0.134. The van der Waals surface area contributed by atoms with Gasteiger partial charge in [-0.15, -0.1) is 0 Å². The van der Waals surface area contributed by atoms with Crippen molar-refractivity contribution in [1.29, 1.82) is 0 Å². The van der Waals surface area contributed by atoms with Crippen molar-refractivity contribution in [3.05, 3.63) is 35.3 Å². The van der Waals surface area contributed by atoms with Crippen molar-refractivity contribution in [3.63, 3.8) is 0 Å². The first-order valence-corrected chi connectivity index (χ1v) is 4.98. The molecule has 0 unspecified atom stereocenters. The number of aromatic nitrogens is 2. The fourth-order valence-corrected chi connectivity index (χ4v) is 1.61. The number of fused-ring (bicyclic) bond motifs is 1. The number of carbonyl (C=O) groups is 1. The van der Waals surface area contributed by atoms with Crippen LogP contribution < -0.4 is 0 Å². The molecule has 0 aliphatic rings. The fraction of sp³-hybridized carbons (Fsp3) is 0.0909. The molecule has 1 N–H and O–H groups in total. The number of H-pyrrole nitrogens is 1. The highest BCUT2D eigenvalue weighted by Crippen LogP contribution is 2.21. The maximum Gasteiger partial charge on any atom is 0.330 e. The molecule has 5 heteroatoms. The number of nitrogens with one attached hydrogen (secondary N) is 1. The Balaban J connectivity index is 2.38. The molecular formula is C11H9ClN2O2. The van der Waals surface area contributed by atoms with Crippen LogP contribution in [0.5, 0.6) is 0 Å². The highest BCUT2D eigenvalue weighted by Gasteiger charge is 2.03. The molecule has 2 aromatic heterocycles. The number of rotatable bonds is 2. The van der Waals surface area contributed by atoms with Gasteiger partial charge in [-0.05, 0) is 18.2 Å². The molecule has 82 valence electrons. The van der Waals surface area contributed by atoms with Crippen LogP contribution in [0.4, 0.5) is 0 Å². The van der Waals surface area contributed by atoms with E-state index in [2.05, 4.69) is 14.7 Å². The third-order valence-electron chi connectivity index (χ3n) is 2.11. The number of methoxy groups -OCH3 is 1. The normalized spacial score (nSPS) is 11.1. The molecule has 2 rings (SSSR count). The van der Waals surface area contributed by atoms with E-state index >= 15 is 0 Å². The average Bonchev–Trinajstić information content (AvgIpc) is 2.74. The molecule has 2 aromatic rings. The quantitative estimate of drug-likeness (QED) is 0.495. The van der Waals surface area contributed by atoms with Crippen LogP contribution in [0.15, 0.2) is 24.4 Å². The van der Waals surface area contributed by atoms with Crippen molar-refractivity contribution < 1.29 is 9.53 Å². The van der Waals surface area contributed by atoms with Crippen LogP contribution in [0.2, 0.25) is 5.15 Å². The van der Waals surface area contributed by atoms with Crippen LogP contribution in [-0.2, 0) is 9.53 Å². The number of nitrogens with zero attached hydrogens (tertiary/aromatic N) is 1. The molecule has 16 heavy (non-hydrogen) atoms. The van der Waals surface area contributed by atoms with Crippen LogP contribution in [0.1, 0.15) is 5.69 Å². The Morgan fingerprint density at radius 2 is 2.44 bits per heavy atom. The first-order valence-electron chi connectivity index (χ1n) is 4.60. The number of hydrogen-bond acceptors (Lipinski definition) is 3. The zero-order valence-corrected chi connectivity index (χ0v) is 9.28. The van der Waals surface area contributed by atoms with Crippen molar-refractivity contribution in [2.45, 2.75) is 0 Å². The first-order chi connectivity index (χ1) is 7.70. The Bertz CT molecular complexity index is 560. The molecule has 0 saturated heterocycles. The number of esters is 1. The highest BCUT2D eigenvalue weighted by molar-refractivity contribution is 6.33. The van der Waals surface area contributed by atoms with Gasteiger partial charge in [-0.25, -0.2) is 9.78 Å². The lowest BCUT2D eigenvalue weighted by atomic mass is 10.2. The predicted molar refractivity (Wildman–Crippen MR) is 62.2 cm³/mol. The average molecular weight is 237 g/mol. The minimum Gasteiger partial charge on any atom is -0.466 e. The monoisotopic (exact) mass is 236 g/mol. The minimum atomic E-state index is -0.424. The molecule has 0 aromatic carbocycles. The van der Waals surface area contributed by atoms with Crippen molar-refractivity contribution in [3.8, 4) is 0 Å². The predicted octanol–water partition coefficient (Wildman–Crippen LogP) is 2.40. The van der Waals surface area contributed by atoms with Gasteiger partial charge < -0.3 is 9.72 Å². The standard InChI is InChI=1S/C11H9ClN2O2/c1-16-9(15)3-2-8-6-7-4-5-13-10(7)11(12)14-8/h2-6,13H,1H3/b3-2+. The number of pyridine rings is 1. The third-order valence-corrected chi connectivity index (χ3v) is 2.38. The van der Waals surface area contributed by atoms with Gasteiger partial charge >= 0.3 is 5.97 Å². The zero-order valence-electron chi connectivity index (χ0n) is 8.53. The molecule has 4 nitrogen and oxygen atoms in total. The molecule has 2 heterocycles. The second-order valence-electron chi connectivity index (χ2n) is 3.14. The van der Waals surface area contributed by atoms with Gasteiger partial charge in [0.2, 0.25) is 0 Å². The Hall–Kier alpha value is -1.81. The lowest BCUT2D eigenvalue weighted by Gasteiger charge is -1.97. The molecular weight excluding hydrogens is 228 g/mol. The number of ether oxygens (including phenoxy) is 1. The SMILES string of the molecule is COC(=O)/C=C/c1cc2cc[nH]c2c(Cl)n1. The van der Waals surface area contributed by atoms with E-state index < -0.39 is 5.97 Å². The molecule has 0 radical (unpaired) electrons. The van der Waals surface area contributed by atoms with Crippen LogP contribution in [0, 0.1) is 0 Å². The molecule has 0 aliphatic heterocycles.